The molecule has 22 heavy (non-hydrogen) atoms. The molecular weight excluding hydrogens is 319 g/mol. The summed E-state index contributed by atoms with van der Waals surface area (Å²) in [4.78, 5) is 3.64. The number of fused-ring (bicyclic) bond motifs is 1. The van der Waals surface area contributed by atoms with E-state index in [1.807, 2.05) is 0 Å². The summed E-state index contributed by atoms with van der Waals surface area (Å²) >= 11 is 0. The molecule has 1 aliphatic heterocycles. The second-order valence-corrected chi connectivity index (χ2v) is 7.23. The summed E-state index contributed by atoms with van der Waals surface area (Å²) in [5.41, 5.74) is 0.602. The van der Waals surface area contributed by atoms with E-state index in [1.54, 1.807) is 18.2 Å². The van der Waals surface area contributed by atoms with Crippen LogP contribution in [0.15, 0.2) is 24.3 Å². The van der Waals surface area contributed by atoms with E-state index in [0.717, 1.165) is 4.57 Å². The zero-order valence-corrected chi connectivity index (χ0v) is 12.4. The third kappa shape index (κ3) is 2.70. The molecule has 5 nitrogen and oxygen atoms in total. The van der Waals surface area contributed by atoms with Gasteiger partial charge in [0.15, 0.2) is 0 Å². The minimum Gasteiger partial charge on any atom is -0.319 e. The maximum atomic E-state index is 13.1. The van der Waals surface area contributed by atoms with Crippen LogP contribution >= 0.6 is 0 Å². The standard InChI is InChI=1S/C13H14F3N3O2S/c14-13(15,16)12-17-10-4-1-2-5-11(10)19(12)8-7-18-6-3-9-22(18,20)21/h1-2,4-5H,3,6-9H2. The van der Waals surface area contributed by atoms with E-state index in [-0.39, 0.29) is 24.4 Å². The van der Waals surface area contributed by atoms with Crippen molar-refractivity contribution in [2.24, 2.45) is 0 Å². The van der Waals surface area contributed by atoms with Gasteiger partial charge < -0.3 is 4.57 Å². The molecule has 0 radical (unpaired) electrons. The van der Waals surface area contributed by atoms with Crippen LogP contribution in [-0.2, 0) is 22.7 Å². The monoisotopic (exact) mass is 333 g/mol. The lowest BCUT2D eigenvalue weighted by atomic mass is 10.3. The Labute approximate surface area is 125 Å². The number of hydrogen-bond donors (Lipinski definition) is 0. The van der Waals surface area contributed by atoms with Crippen LogP contribution in [-0.4, -0.2) is 41.1 Å². The van der Waals surface area contributed by atoms with Crippen molar-refractivity contribution in [2.75, 3.05) is 18.8 Å². The molecule has 1 aromatic carbocycles. The third-order valence-electron chi connectivity index (χ3n) is 3.68. The number of sulfonamides is 1. The van der Waals surface area contributed by atoms with Gasteiger partial charge in [0.1, 0.15) is 0 Å². The molecule has 1 saturated heterocycles. The Balaban J connectivity index is 1.95. The van der Waals surface area contributed by atoms with Crippen LogP contribution in [0.4, 0.5) is 13.2 Å². The van der Waals surface area contributed by atoms with E-state index in [9.17, 15) is 21.6 Å². The van der Waals surface area contributed by atoms with Gasteiger partial charge in [-0.25, -0.2) is 17.7 Å². The molecule has 0 saturated carbocycles. The Morgan fingerprint density at radius 3 is 2.55 bits per heavy atom. The fraction of sp³-hybridized carbons (Fsp3) is 0.462. The van der Waals surface area contributed by atoms with Crippen molar-refractivity contribution in [2.45, 2.75) is 19.1 Å². The fourth-order valence-corrected chi connectivity index (χ4v) is 4.19. The zero-order chi connectivity index (χ0) is 16.0. The number of halogens is 3. The van der Waals surface area contributed by atoms with Crippen LogP contribution in [0.2, 0.25) is 0 Å². The Kier molecular flexibility index (Phi) is 3.64. The predicted molar refractivity (Wildman–Crippen MR) is 74.7 cm³/mol. The largest absolute Gasteiger partial charge is 0.449 e. The number of benzene rings is 1. The normalized spacial score (nSPS) is 19.0. The average Bonchev–Trinajstić information content (AvgIpc) is 2.96. The number of nitrogens with zero attached hydrogens (tertiary/aromatic N) is 3. The molecule has 0 atom stereocenters. The van der Waals surface area contributed by atoms with Gasteiger partial charge in [-0.15, -0.1) is 0 Å². The highest BCUT2D eigenvalue weighted by atomic mass is 32.2. The van der Waals surface area contributed by atoms with Crippen molar-refractivity contribution in [1.82, 2.24) is 13.9 Å². The molecule has 0 unspecified atom stereocenters. The molecule has 1 fully saturated rings. The number of alkyl halides is 3. The summed E-state index contributed by atoms with van der Waals surface area (Å²) in [6.07, 6.45) is -4.07. The van der Waals surface area contributed by atoms with Gasteiger partial charge in [0, 0.05) is 19.6 Å². The van der Waals surface area contributed by atoms with Gasteiger partial charge >= 0.3 is 6.18 Å². The highest BCUT2D eigenvalue weighted by molar-refractivity contribution is 7.89. The topological polar surface area (TPSA) is 55.2 Å². The second kappa shape index (κ2) is 5.24. The van der Waals surface area contributed by atoms with Gasteiger partial charge in [-0.1, -0.05) is 12.1 Å². The minimum absolute atomic E-state index is 0.0196. The lowest BCUT2D eigenvalue weighted by molar-refractivity contribution is -0.146. The van der Waals surface area contributed by atoms with E-state index in [4.69, 9.17) is 0 Å². The van der Waals surface area contributed by atoms with Crippen molar-refractivity contribution in [3.63, 3.8) is 0 Å². The SMILES string of the molecule is O=S1(=O)CCCN1CCn1c(C(F)(F)F)nc2ccccc21. The lowest BCUT2D eigenvalue weighted by Crippen LogP contribution is -2.30. The number of para-hydroxylation sites is 2. The van der Waals surface area contributed by atoms with Crippen LogP contribution in [0, 0.1) is 0 Å². The van der Waals surface area contributed by atoms with Crippen molar-refractivity contribution in [3.8, 4) is 0 Å². The smallest absolute Gasteiger partial charge is 0.319 e. The zero-order valence-electron chi connectivity index (χ0n) is 11.5. The maximum absolute atomic E-state index is 13.1. The molecule has 9 heteroatoms. The average molecular weight is 333 g/mol. The molecule has 0 amide bonds. The molecular formula is C13H14F3N3O2S. The third-order valence-corrected chi connectivity index (χ3v) is 5.64. The van der Waals surface area contributed by atoms with E-state index < -0.39 is 22.0 Å². The quantitative estimate of drug-likeness (QED) is 0.864. The first-order valence-corrected chi connectivity index (χ1v) is 8.40. The first-order valence-electron chi connectivity index (χ1n) is 6.79. The van der Waals surface area contributed by atoms with Crippen LogP contribution in [0.1, 0.15) is 12.2 Å². The number of rotatable bonds is 3. The van der Waals surface area contributed by atoms with Crippen molar-refractivity contribution in [1.29, 1.82) is 0 Å². The molecule has 3 rings (SSSR count). The number of aromatic nitrogens is 2. The van der Waals surface area contributed by atoms with Gasteiger partial charge in [0.2, 0.25) is 15.8 Å². The molecule has 120 valence electrons. The summed E-state index contributed by atoms with van der Waals surface area (Å²) in [7, 11) is -3.32. The summed E-state index contributed by atoms with van der Waals surface area (Å²) in [6, 6.07) is 6.31. The molecule has 2 aromatic rings. The molecule has 1 aromatic heterocycles. The lowest BCUT2D eigenvalue weighted by Gasteiger charge is -2.17. The van der Waals surface area contributed by atoms with Crippen LogP contribution in [0.3, 0.4) is 0 Å². The predicted octanol–water partition coefficient (Wildman–Crippen LogP) is 2.09. The summed E-state index contributed by atoms with van der Waals surface area (Å²) in [6.45, 7) is 0.302. The van der Waals surface area contributed by atoms with E-state index in [2.05, 4.69) is 4.98 Å². The van der Waals surface area contributed by atoms with Gasteiger partial charge in [0.05, 0.1) is 16.8 Å². The Morgan fingerprint density at radius 2 is 1.91 bits per heavy atom. The van der Waals surface area contributed by atoms with Crippen LogP contribution in [0.5, 0.6) is 0 Å². The van der Waals surface area contributed by atoms with Gasteiger partial charge in [-0.3, -0.25) is 0 Å². The first kappa shape index (κ1) is 15.3. The minimum atomic E-state index is -4.58. The summed E-state index contributed by atoms with van der Waals surface area (Å²) in [5.74, 6) is -0.936. The van der Waals surface area contributed by atoms with Crippen molar-refractivity contribution < 1.29 is 21.6 Å². The molecule has 1 aliphatic rings. The van der Waals surface area contributed by atoms with Crippen molar-refractivity contribution in [3.05, 3.63) is 30.1 Å². The van der Waals surface area contributed by atoms with Gasteiger partial charge in [-0.05, 0) is 18.6 Å². The highest BCUT2D eigenvalue weighted by Crippen LogP contribution is 2.31. The van der Waals surface area contributed by atoms with Gasteiger partial charge in [0.25, 0.3) is 0 Å². The van der Waals surface area contributed by atoms with E-state index in [1.165, 1.54) is 10.4 Å². The van der Waals surface area contributed by atoms with Crippen molar-refractivity contribution >= 4 is 21.1 Å². The number of imidazole rings is 1. The van der Waals surface area contributed by atoms with E-state index >= 15 is 0 Å². The van der Waals surface area contributed by atoms with Crippen LogP contribution in [0.25, 0.3) is 11.0 Å². The first-order chi connectivity index (χ1) is 10.3. The molecule has 0 spiro atoms. The Bertz CT molecular complexity index is 798. The summed E-state index contributed by atoms with van der Waals surface area (Å²) < 4.78 is 65.1. The molecule has 2 heterocycles. The second-order valence-electron chi connectivity index (χ2n) is 5.14. The highest BCUT2D eigenvalue weighted by Gasteiger charge is 2.38. The fourth-order valence-electron chi connectivity index (χ4n) is 2.67. The number of hydrogen-bond acceptors (Lipinski definition) is 3. The van der Waals surface area contributed by atoms with Gasteiger partial charge in [-0.2, -0.15) is 13.2 Å². The summed E-state index contributed by atoms with van der Waals surface area (Å²) in [5, 5.41) is 0. The molecule has 0 N–H and O–H groups in total. The molecule has 0 aliphatic carbocycles. The Hall–Kier alpha value is -1.61. The Morgan fingerprint density at radius 1 is 1.18 bits per heavy atom. The maximum Gasteiger partial charge on any atom is 0.449 e. The van der Waals surface area contributed by atoms with E-state index in [0.29, 0.717) is 18.5 Å². The van der Waals surface area contributed by atoms with Crippen LogP contribution < -0.4 is 0 Å². The molecule has 0 bridgehead atoms.